The average molecular weight is 391 g/mol. The SMILES string of the molecule is C=C(C)[C@H](CCC(C)=CCOc1c(OC)cc(C=CCO)cc1OC)OCC. The molecule has 0 aliphatic carbocycles. The summed E-state index contributed by atoms with van der Waals surface area (Å²) in [5.74, 6) is 1.73. The molecular weight excluding hydrogens is 356 g/mol. The monoisotopic (exact) mass is 390 g/mol. The first-order chi connectivity index (χ1) is 13.5. The van der Waals surface area contributed by atoms with Crippen molar-refractivity contribution < 1.29 is 24.1 Å². The summed E-state index contributed by atoms with van der Waals surface area (Å²) < 4.78 is 22.5. The Balaban J connectivity index is 2.78. The lowest BCUT2D eigenvalue weighted by molar-refractivity contribution is 0.0827. The van der Waals surface area contributed by atoms with Crippen LogP contribution in [0.15, 0.2) is 42.0 Å². The standard InChI is InChI=1S/C23H34O5/c1-7-27-20(17(2)3)11-10-18(4)12-14-28-23-21(25-5)15-19(9-8-13-24)16-22(23)26-6/h8-9,12,15-16,20,24H,2,7,10-11,13-14H2,1,3-6H3/t20-/m0/s1. The first kappa shape index (κ1) is 23.8. The molecule has 0 amide bonds. The zero-order valence-corrected chi connectivity index (χ0v) is 17.8. The molecule has 0 bridgehead atoms. The zero-order valence-electron chi connectivity index (χ0n) is 17.8. The molecular formula is C23H34O5. The lowest BCUT2D eigenvalue weighted by Crippen LogP contribution is -2.13. The molecule has 1 N–H and O–H groups in total. The molecule has 5 heteroatoms. The van der Waals surface area contributed by atoms with Gasteiger partial charge < -0.3 is 24.1 Å². The molecule has 1 aromatic rings. The Bertz CT molecular complexity index is 651. The molecule has 0 saturated heterocycles. The second-order valence-electron chi connectivity index (χ2n) is 6.53. The van der Waals surface area contributed by atoms with Gasteiger partial charge in [-0.15, -0.1) is 0 Å². The Hall–Kier alpha value is -2.24. The first-order valence-electron chi connectivity index (χ1n) is 9.55. The van der Waals surface area contributed by atoms with Gasteiger partial charge in [0.1, 0.15) is 6.61 Å². The molecule has 1 aromatic carbocycles. The first-order valence-corrected chi connectivity index (χ1v) is 9.55. The Morgan fingerprint density at radius 2 is 1.82 bits per heavy atom. The third kappa shape index (κ3) is 7.79. The van der Waals surface area contributed by atoms with Crippen LogP contribution in [0.5, 0.6) is 17.2 Å². The van der Waals surface area contributed by atoms with E-state index in [0.29, 0.717) is 30.5 Å². The maximum atomic E-state index is 8.95. The molecule has 0 aromatic heterocycles. The summed E-state index contributed by atoms with van der Waals surface area (Å²) in [4.78, 5) is 0. The van der Waals surface area contributed by atoms with E-state index in [4.69, 9.17) is 24.1 Å². The molecule has 0 aliphatic rings. The van der Waals surface area contributed by atoms with Crippen LogP contribution in [0.2, 0.25) is 0 Å². The molecule has 1 rings (SSSR count). The molecule has 5 nitrogen and oxygen atoms in total. The summed E-state index contributed by atoms with van der Waals surface area (Å²) in [6.45, 7) is 11.2. The van der Waals surface area contributed by atoms with Gasteiger partial charge in [0.05, 0.1) is 26.9 Å². The van der Waals surface area contributed by atoms with Crippen molar-refractivity contribution in [2.45, 2.75) is 39.7 Å². The molecule has 0 heterocycles. The number of ether oxygens (including phenoxy) is 4. The maximum Gasteiger partial charge on any atom is 0.203 e. The summed E-state index contributed by atoms with van der Waals surface area (Å²) in [5.41, 5.74) is 3.14. The second kappa shape index (κ2) is 13.0. The van der Waals surface area contributed by atoms with Crippen LogP contribution in [0.4, 0.5) is 0 Å². The summed E-state index contributed by atoms with van der Waals surface area (Å²) >= 11 is 0. The van der Waals surface area contributed by atoms with Crippen LogP contribution < -0.4 is 14.2 Å². The van der Waals surface area contributed by atoms with Crippen LogP contribution in [0.1, 0.15) is 39.2 Å². The highest BCUT2D eigenvalue weighted by Crippen LogP contribution is 2.39. The van der Waals surface area contributed by atoms with E-state index in [0.717, 1.165) is 24.0 Å². The number of allylic oxidation sites excluding steroid dienone is 1. The second-order valence-corrected chi connectivity index (χ2v) is 6.53. The quantitative estimate of drug-likeness (QED) is 0.491. The van der Waals surface area contributed by atoms with Gasteiger partial charge in [-0.3, -0.25) is 0 Å². The highest BCUT2D eigenvalue weighted by Gasteiger charge is 2.13. The number of methoxy groups -OCH3 is 2. The van der Waals surface area contributed by atoms with Crippen molar-refractivity contribution in [2.75, 3.05) is 34.0 Å². The van der Waals surface area contributed by atoms with Crippen LogP contribution in [0.25, 0.3) is 6.08 Å². The Labute approximate surface area is 169 Å². The minimum absolute atomic E-state index is 0.0253. The van der Waals surface area contributed by atoms with E-state index in [1.54, 1.807) is 26.4 Å². The van der Waals surface area contributed by atoms with Gasteiger partial charge in [-0.2, -0.15) is 0 Å². The van der Waals surface area contributed by atoms with E-state index < -0.39 is 0 Å². The van der Waals surface area contributed by atoms with Gasteiger partial charge in [0.25, 0.3) is 0 Å². The minimum atomic E-state index is -0.0253. The van der Waals surface area contributed by atoms with Gasteiger partial charge >= 0.3 is 0 Å². The highest BCUT2D eigenvalue weighted by molar-refractivity contribution is 5.62. The molecule has 28 heavy (non-hydrogen) atoms. The molecule has 0 spiro atoms. The lowest BCUT2D eigenvalue weighted by Gasteiger charge is -2.17. The van der Waals surface area contributed by atoms with E-state index in [1.165, 1.54) is 5.57 Å². The summed E-state index contributed by atoms with van der Waals surface area (Å²) in [7, 11) is 3.18. The fourth-order valence-corrected chi connectivity index (χ4v) is 2.73. The molecule has 0 fully saturated rings. The van der Waals surface area contributed by atoms with E-state index >= 15 is 0 Å². The Kier molecular flexibility index (Phi) is 11.1. The normalized spacial score (nSPS) is 12.9. The Morgan fingerprint density at radius 3 is 2.32 bits per heavy atom. The van der Waals surface area contributed by atoms with Gasteiger partial charge in [0.15, 0.2) is 11.5 Å². The predicted molar refractivity (Wildman–Crippen MR) is 114 cm³/mol. The van der Waals surface area contributed by atoms with Gasteiger partial charge in [-0.25, -0.2) is 0 Å². The van der Waals surface area contributed by atoms with Crippen molar-refractivity contribution in [1.82, 2.24) is 0 Å². The van der Waals surface area contributed by atoms with Crippen molar-refractivity contribution in [2.24, 2.45) is 0 Å². The maximum absolute atomic E-state index is 8.95. The third-order valence-corrected chi connectivity index (χ3v) is 4.28. The number of aliphatic hydroxyl groups is 1. The van der Waals surface area contributed by atoms with Gasteiger partial charge in [0, 0.05) is 6.61 Å². The summed E-state index contributed by atoms with van der Waals surface area (Å²) in [5, 5.41) is 8.95. The molecule has 0 radical (unpaired) electrons. The third-order valence-electron chi connectivity index (χ3n) is 4.28. The van der Waals surface area contributed by atoms with E-state index in [2.05, 4.69) is 19.6 Å². The highest BCUT2D eigenvalue weighted by atomic mass is 16.5. The van der Waals surface area contributed by atoms with Crippen LogP contribution in [0.3, 0.4) is 0 Å². The van der Waals surface area contributed by atoms with Crippen molar-refractivity contribution in [1.29, 1.82) is 0 Å². The topological polar surface area (TPSA) is 57.2 Å². The Morgan fingerprint density at radius 1 is 1.18 bits per heavy atom. The van der Waals surface area contributed by atoms with Crippen molar-refractivity contribution in [3.8, 4) is 17.2 Å². The summed E-state index contributed by atoms with van der Waals surface area (Å²) in [6, 6.07) is 3.69. The fraction of sp³-hybridized carbons (Fsp3) is 0.478. The van der Waals surface area contributed by atoms with Gasteiger partial charge in [-0.05, 0) is 57.4 Å². The minimum Gasteiger partial charge on any atom is -0.493 e. The van der Waals surface area contributed by atoms with Crippen LogP contribution in [-0.4, -0.2) is 45.3 Å². The molecule has 0 unspecified atom stereocenters. The van der Waals surface area contributed by atoms with Crippen LogP contribution >= 0.6 is 0 Å². The van der Waals surface area contributed by atoms with E-state index in [1.807, 2.05) is 26.0 Å². The van der Waals surface area contributed by atoms with Gasteiger partial charge in [-0.1, -0.05) is 29.9 Å². The van der Waals surface area contributed by atoms with E-state index in [9.17, 15) is 0 Å². The largest absolute Gasteiger partial charge is 0.493 e. The molecule has 0 aliphatic heterocycles. The summed E-state index contributed by atoms with van der Waals surface area (Å²) in [6.07, 6.45) is 7.43. The number of aliphatic hydroxyl groups excluding tert-OH is 1. The van der Waals surface area contributed by atoms with Gasteiger partial charge in [0.2, 0.25) is 5.75 Å². The fourth-order valence-electron chi connectivity index (χ4n) is 2.73. The van der Waals surface area contributed by atoms with Crippen LogP contribution in [0, 0.1) is 0 Å². The average Bonchev–Trinajstić information content (AvgIpc) is 2.69. The zero-order chi connectivity index (χ0) is 20.9. The van der Waals surface area contributed by atoms with Crippen molar-refractivity contribution >= 4 is 6.08 Å². The lowest BCUT2D eigenvalue weighted by atomic mass is 10.0. The number of rotatable bonds is 13. The number of hydrogen-bond donors (Lipinski definition) is 1. The molecule has 1 atom stereocenters. The number of benzene rings is 1. The smallest absolute Gasteiger partial charge is 0.203 e. The predicted octanol–water partition coefficient (Wildman–Crippen LogP) is 4.80. The van der Waals surface area contributed by atoms with Crippen LogP contribution in [-0.2, 0) is 4.74 Å². The van der Waals surface area contributed by atoms with Crippen molar-refractivity contribution in [3.05, 3.63) is 47.6 Å². The van der Waals surface area contributed by atoms with Crippen molar-refractivity contribution in [3.63, 3.8) is 0 Å². The van der Waals surface area contributed by atoms with E-state index in [-0.39, 0.29) is 12.7 Å². The molecule has 156 valence electrons. The number of hydrogen-bond acceptors (Lipinski definition) is 5. The molecule has 0 saturated carbocycles.